The summed E-state index contributed by atoms with van der Waals surface area (Å²) in [6.07, 6.45) is 14.0. The van der Waals surface area contributed by atoms with E-state index in [1.54, 1.807) is 6.07 Å². The zero-order chi connectivity index (χ0) is 19.0. The number of carbonyl (C=O) groups is 1. The first-order chi connectivity index (χ1) is 12.6. The Morgan fingerprint density at radius 2 is 1.58 bits per heavy atom. The zero-order valence-electron chi connectivity index (χ0n) is 15.9. The Morgan fingerprint density at radius 1 is 1.00 bits per heavy atom. The van der Waals surface area contributed by atoms with Gasteiger partial charge in [0.2, 0.25) is 0 Å². The Balaban J connectivity index is 2.07. The molecule has 0 saturated heterocycles. The molecule has 0 bridgehead atoms. The second kappa shape index (κ2) is 14.2. The molecular weight excluding hydrogens is 331 g/mol. The van der Waals surface area contributed by atoms with Crippen LogP contribution in [0.4, 0.5) is 4.39 Å². The largest absolute Gasteiger partial charge is 0.493 e. The minimum Gasteiger partial charge on any atom is -0.493 e. The van der Waals surface area contributed by atoms with Crippen LogP contribution >= 0.6 is 0 Å². The molecular formula is C22H31FO3. The summed E-state index contributed by atoms with van der Waals surface area (Å²) in [4.78, 5) is 10.4. The lowest BCUT2D eigenvalue weighted by molar-refractivity contribution is -0.130. The van der Waals surface area contributed by atoms with Crippen LogP contribution in [0.15, 0.2) is 18.2 Å². The highest BCUT2D eigenvalue weighted by Crippen LogP contribution is 2.17. The average Bonchev–Trinajstić information content (AvgIpc) is 2.61. The highest BCUT2D eigenvalue weighted by atomic mass is 19.1. The summed E-state index contributed by atoms with van der Waals surface area (Å²) in [5.74, 6) is 2.79. The third kappa shape index (κ3) is 10.8. The van der Waals surface area contributed by atoms with E-state index in [-0.39, 0.29) is 5.56 Å². The maximum Gasteiger partial charge on any atom is 0.382 e. The molecule has 0 aromatic heterocycles. The van der Waals surface area contributed by atoms with E-state index in [9.17, 15) is 9.18 Å². The fraction of sp³-hybridized carbons (Fsp3) is 0.591. The van der Waals surface area contributed by atoms with Gasteiger partial charge in [0.25, 0.3) is 0 Å². The molecule has 0 aliphatic heterocycles. The van der Waals surface area contributed by atoms with E-state index in [0.29, 0.717) is 12.4 Å². The molecule has 0 aliphatic carbocycles. The summed E-state index contributed by atoms with van der Waals surface area (Å²) in [7, 11) is 0. The third-order valence-electron chi connectivity index (χ3n) is 4.26. The number of aliphatic carboxylic acids is 1. The van der Waals surface area contributed by atoms with Crippen LogP contribution in [0.2, 0.25) is 0 Å². The molecule has 144 valence electrons. The minimum atomic E-state index is -1.28. The molecule has 3 nitrogen and oxygen atoms in total. The predicted molar refractivity (Wildman–Crippen MR) is 103 cm³/mol. The zero-order valence-corrected chi connectivity index (χ0v) is 15.9. The minimum absolute atomic E-state index is 0.0643. The Morgan fingerprint density at radius 3 is 2.12 bits per heavy atom. The summed E-state index contributed by atoms with van der Waals surface area (Å²) in [6.45, 7) is 2.81. The average molecular weight is 362 g/mol. The Hall–Kier alpha value is -2.02. The highest BCUT2D eigenvalue weighted by Gasteiger charge is 2.03. The first-order valence-corrected chi connectivity index (χ1v) is 9.80. The van der Waals surface area contributed by atoms with Gasteiger partial charge in [0.05, 0.1) is 12.2 Å². The number of hydrogen-bond acceptors (Lipinski definition) is 2. The van der Waals surface area contributed by atoms with E-state index in [1.807, 2.05) is 5.92 Å². The lowest BCUT2D eigenvalue weighted by Crippen LogP contribution is -1.98. The van der Waals surface area contributed by atoms with Crippen LogP contribution in [0, 0.1) is 17.7 Å². The van der Waals surface area contributed by atoms with Gasteiger partial charge in [-0.1, -0.05) is 77.1 Å². The fourth-order valence-corrected chi connectivity index (χ4v) is 2.76. The molecule has 0 radical (unpaired) electrons. The number of benzene rings is 1. The summed E-state index contributed by atoms with van der Waals surface area (Å²) < 4.78 is 19.3. The first kappa shape index (κ1) is 22.0. The van der Waals surface area contributed by atoms with E-state index < -0.39 is 11.8 Å². The molecule has 0 heterocycles. The quantitative estimate of drug-likeness (QED) is 0.348. The van der Waals surface area contributed by atoms with Crippen LogP contribution in [-0.2, 0) is 4.79 Å². The number of carboxylic acids is 1. The van der Waals surface area contributed by atoms with Crippen molar-refractivity contribution in [1.29, 1.82) is 0 Å². The molecule has 0 aliphatic rings. The number of halogens is 1. The first-order valence-electron chi connectivity index (χ1n) is 9.80. The standard InChI is InChI=1S/C22H31FO3/c1-2-3-4-5-6-7-8-9-10-11-12-17-26-20-15-13-19(21(23)18-20)14-16-22(24)25/h13,15,18H,2-12,17H2,1H3,(H,24,25). The van der Waals surface area contributed by atoms with Crippen molar-refractivity contribution < 1.29 is 19.0 Å². The molecule has 1 N–H and O–H groups in total. The number of unbranched alkanes of at least 4 members (excludes halogenated alkanes) is 10. The van der Waals surface area contributed by atoms with Gasteiger partial charge in [-0.25, -0.2) is 9.18 Å². The molecule has 0 spiro atoms. The van der Waals surface area contributed by atoms with Crippen molar-refractivity contribution >= 4 is 5.97 Å². The summed E-state index contributed by atoms with van der Waals surface area (Å²) >= 11 is 0. The van der Waals surface area contributed by atoms with Crippen molar-refractivity contribution in [3.05, 3.63) is 29.6 Å². The number of hydrogen-bond donors (Lipinski definition) is 1. The van der Waals surface area contributed by atoms with Gasteiger partial charge in [0.1, 0.15) is 11.6 Å². The number of rotatable bonds is 13. The van der Waals surface area contributed by atoms with Gasteiger partial charge in [0, 0.05) is 12.0 Å². The summed E-state index contributed by atoms with van der Waals surface area (Å²) in [6, 6.07) is 4.32. The molecule has 0 saturated carbocycles. The second-order valence-electron chi connectivity index (χ2n) is 6.58. The molecule has 0 amide bonds. The van der Waals surface area contributed by atoms with Gasteiger partial charge >= 0.3 is 5.97 Å². The monoisotopic (exact) mass is 362 g/mol. The molecule has 0 atom stereocenters. The van der Waals surface area contributed by atoms with E-state index in [1.165, 1.54) is 69.9 Å². The van der Waals surface area contributed by atoms with Crippen molar-refractivity contribution in [2.75, 3.05) is 6.61 Å². The summed E-state index contributed by atoms with van der Waals surface area (Å²) in [5.41, 5.74) is 0.0643. The highest BCUT2D eigenvalue weighted by molar-refractivity contribution is 5.87. The molecule has 0 fully saturated rings. The SMILES string of the molecule is CCCCCCCCCCCCCOc1ccc(C#CC(=O)O)c(F)c1. The molecule has 0 unspecified atom stereocenters. The van der Waals surface area contributed by atoms with Gasteiger partial charge in [-0.15, -0.1) is 0 Å². The number of ether oxygens (including phenoxy) is 1. The van der Waals surface area contributed by atoms with E-state index >= 15 is 0 Å². The van der Waals surface area contributed by atoms with Gasteiger partial charge < -0.3 is 9.84 Å². The van der Waals surface area contributed by atoms with E-state index in [4.69, 9.17) is 9.84 Å². The van der Waals surface area contributed by atoms with Crippen LogP contribution < -0.4 is 4.74 Å². The van der Waals surface area contributed by atoms with Crippen LogP contribution in [0.25, 0.3) is 0 Å². The lowest BCUT2D eigenvalue weighted by Gasteiger charge is -2.07. The molecule has 1 aromatic rings. The Kier molecular flexibility index (Phi) is 12.0. The number of carboxylic acid groups (broad SMARTS) is 1. The Labute approximate surface area is 157 Å². The Bertz CT molecular complexity index is 587. The maximum atomic E-state index is 13.8. The normalized spacial score (nSPS) is 10.2. The van der Waals surface area contributed by atoms with Gasteiger partial charge in [0.15, 0.2) is 0 Å². The molecule has 1 rings (SSSR count). The van der Waals surface area contributed by atoms with Crippen LogP contribution in [-0.4, -0.2) is 17.7 Å². The van der Waals surface area contributed by atoms with Crippen molar-refractivity contribution in [2.24, 2.45) is 0 Å². The predicted octanol–water partition coefficient (Wildman–Crippen LogP) is 5.95. The van der Waals surface area contributed by atoms with Crippen LogP contribution in [0.3, 0.4) is 0 Å². The van der Waals surface area contributed by atoms with Gasteiger partial charge in [-0.3, -0.25) is 0 Å². The topological polar surface area (TPSA) is 46.5 Å². The summed E-state index contributed by atoms with van der Waals surface area (Å²) in [5, 5.41) is 8.48. The van der Waals surface area contributed by atoms with Crippen molar-refractivity contribution in [1.82, 2.24) is 0 Å². The molecule has 4 heteroatoms. The van der Waals surface area contributed by atoms with Gasteiger partial charge in [-0.05, 0) is 18.6 Å². The van der Waals surface area contributed by atoms with Crippen molar-refractivity contribution in [3.8, 4) is 17.6 Å². The fourth-order valence-electron chi connectivity index (χ4n) is 2.76. The maximum absolute atomic E-state index is 13.8. The van der Waals surface area contributed by atoms with Crippen molar-refractivity contribution in [2.45, 2.75) is 77.6 Å². The van der Waals surface area contributed by atoms with Crippen LogP contribution in [0.5, 0.6) is 5.75 Å². The van der Waals surface area contributed by atoms with Gasteiger partial charge in [-0.2, -0.15) is 0 Å². The van der Waals surface area contributed by atoms with E-state index in [0.717, 1.165) is 12.8 Å². The molecule has 26 heavy (non-hydrogen) atoms. The van der Waals surface area contributed by atoms with Crippen LogP contribution in [0.1, 0.15) is 83.1 Å². The smallest absolute Gasteiger partial charge is 0.382 e. The lowest BCUT2D eigenvalue weighted by atomic mass is 10.1. The van der Waals surface area contributed by atoms with E-state index in [2.05, 4.69) is 12.8 Å². The molecule has 1 aromatic carbocycles. The third-order valence-corrected chi connectivity index (χ3v) is 4.26. The second-order valence-corrected chi connectivity index (χ2v) is 6.58. The van der Waals surface area contributed by atoms with Crippen molar-refractivity contribution in [3.63, 3.8) is 0 Å².